The Balaban J connectivity index is 2.20. The third kappa shape index (κ3) is 3.19. The zero-order valence-electron chi connectivity index (χ0n) is 6.92. The van der Waals surface area contributed by atoms with Crippen molar-refractivity contribution < 1.29 is 4.79 Å². The summed E-state index contributed by atoms with van der Waals surface area (Å²) >= 11 is 0. The summed E-state index contributed by atoms with van der Waals surface area (Å²) < 4.78 is 0. The van der Waals surface area contributed by atoms with E-state index in [0.29, 0.717) is 0 Å². The lowest BCUT2D eigenvalue weighted by atomic mass is 10.1. The molecule has 0 spiro atoms. The molecule has 1 aromatic carbocycles. The first-order valence-electron chi connectivity index (χ1n) is 4.06. The van der Waals surface area contributed by atoms with Gasteiger partial charge in [0.1, 0.15) is 0 Å². The molecule has 2 heteroatoms. The molecule has 0 unspecified atom stereocenters. The Labute approximate surface area is 72.6 Å². The van der Waals surface area contributed by atoms with Gasteiger partial charge in [0.2, 0.25) is 6.41 Å². The van der Waals surface area contributed by atoms with Crippen LogP contribution >= 0.6 is 0 Å². The summed E-state index contributed by atoms with van der Waals surface area (Å²) in [5.41, 5.74) is 1.20. The molecule has 1 amide bonds. The lowest BCUT2D eigenvalue weighted by Gasteiger charge is -1.98. The highest BCUT2D eigenvalue weighted by molar-refractivity contribution is 5.45. The molecule has 12 heavy (non-hydrogen) atoms. The molecule has 0 bridgehead atoms. The van der Waals surface area contributed by atoms with Gasteiger partial charge >= 0.3 is 0 Å². The second-order valence-electron chi connectivity index (χ2n) is 2.56. The molecule has 1 N–H and O–H groups in total. The number of nitrogens with one attached hydrogen (secondary N) is 1. The van der Waals surface area contributed by atoms with E-state index in [9.17, 15) is 4.79 Å². The lowest BCUT2D eigenvalue weighted by Crippen LogP contribution is -2.12. The number of benzene rings is 1. The summed E-state index contributed by atoms with van der Waals surface area (Å²) in [7, 11) is 0. The van der Waals surface area contributed by atoms with Crippen LogP contribution in [0.5, 0.6) is 0 Å². The van der Waals surface area contributed by atoms with Crippen molar-refractivity contribution in [2.75, 3.05) is 6.54 Å². The quantitative estimate of drug-likeness (QED) is 0.511. The average molecular weight is 162 g/mol. The highest BCUT2D eigenvalue weighted by atomic mass is 16.1. The molecule has 1 rings (SSSR count). The van der Waals surface area contributed by atoms with Gasteiger partial charge in [-0.15, -0.1) is 0 Å². The van der Waals surface area contributed by atoms with Gasteiger partial charge in [-0.1, -0.05) is 24.3 Å². The van der Waals surface area contributed by atoms with Crippen LogP contribution in [0.3, 0.4) is 0 Å². The van der Waals surface area contributed by atoms with Gasteiger partial charge in [0.25, 0.3) is 0 Å². The van der Waals surface area contributed by atoms with E-state index < -0.39 is 0 Å². The third-order valence-corrected chi connectivity index (χ3v) is 1.62. The fraction of sp³-hybridized carbons (Fsp3) is 0.300. The maximum atomic E-state index is 9.90. The molecule has 0 aliphatic rings. The maximum absolute atomic E-state index is 9.90. The second-order valence-corrected chi connectivity index (χ2v) is 2.56. The van der Waals surface area contributed by atoms with E-state index in [2.05, 4.69) is 11.4 Å². The topological polar surface area (TPSA) is 29.1 Å². The molecule has 0 saturated heterocycles. The number of aryl methyl sites for hydroxylation is 1. The van der Waals surface area contributed by atoms with E-state index in [-0.39, 0.29) is 0 Å². The van der Waals surface area contributed by atoms with Gasteiger partial charge in [-0.3, -0.25) is 4.79 Å². The number of carbonyl (C=O) groups is 1. The molecule has 63 valence electrons. The van der Waals surface area contributed by atoms with E-state index in [0.717, 1.165) is 25.8 Å². The predicted molar refractivity (Wildman–Crippen MR) is 47.7 cm³/mol. The van der Waals surface area contributed by atoms with Crippen molar-refractivity contribution in [3.05, 3.63) is 35.9 Å². The minimum absolute atomic E-state index is 0.731. The summed E-state index contributed by atoms with van der Waals surface area (Å²) in [4.78, 5) is 9.90. The van der Waals surface area contributed by atoms with E-state index in [1.165, 1.54) is 5.56 Å². The van der Waals surface area contributed by atoms with Crippen LogP contribution < -0.4 is 5.32 Å². The standard InChI is InChI=1S/C10H12NO/c12-9-11-8-4-7-10-5-2-1-3-6-10/h1-3,5,9H,4,7-8H2,(H,11,12). The Morgan fingerprint density at radius 3 is 3.08 bits per heavy atom. The number of carbonyl (C=O) groups excluding carboxylic acids is 1. The number of hydrogen-bond acceptors (Lipinski definition) is 1. The third-order valence-electron chi connectivity index (χ3n) is 1.62. The Hall–Kier alpha value is -1.31. The predicted octanol–water partition coefficient (Wildman–Crippen LogP) is 1.17. The molecule has 0 aliphatic heterocycles. The fourth-order valence-electron chi connectivity index (χ4n) is 1.03. The van der Waals surface area contributed by atoms with Crippen molar-refractivity contribution in [3.63, 3.8) is 0 Å². The Bertz CT molecular complexity index is 221. The van der Waals surface area contributed by atoms with Gasteiger partial charge in [-0.25, -0.2) is 0 Å². The molecule has 0 fully saturated rings. The van der Waals surface area contributed by atoms with Crippen LogP contribution in [-0.2, 0) is 11.2 Å². The van der Waals surface area contributed by atoms with Gasteiger partial charge < -0.3 is 5.32 Å². The van der Waals surface area contributed by atoms with Crippen LogP contribution in [0.15, 0.2) is 24.3 Å². The Kier molecular flexibility index (Phi) is 3.92. The molecule has 1 aromatic rings. The summed E-state index contributed by atoms with van der Waals surface area (Å²) in [5.74, 6) is 0. The first-order valence-corrected chi connectivity index (χ1v) is 4.06. The molecule has 0 saturated carbocycles. The van der Waals surface area contributed by atoms with Crippen molar-refractivity contribution in [1.82, 2.24) is 5.32 Å². The van der Waals surface area contributed by atoms with Crippen molar-refractivity contribution in [1.29, 1.82) is 0 Å². The van der Waals surface area contributed by atoms with E-state index in [1.54, 1.807) is 0 Å². The number of amides is 1. The molecule has 0 atom stereocenters. The summed E-state index contributed by atoms with van der Waals surface area (Å²) in [6, 6.07) is 11.0. The SMILES string of the molecule is O=CNCCCc1[c]cccc1. The van der Waals surface area contributed by atoms with E-state index >= 15 is 0 Å². The molecule has 0 aromatic heterocycles. The smallest absolute Gasteiger partial charge is 0.207 e. The minimum Gasteiger partial charge on any atom is -0.359 e. The molecule has 1 radical (unpaired) electrons. The number of hydrogen-bond donors (Lipinski definition) is 1. The van der Waals surface area contributed by atoms with Crippen LogP contribution in [0.2, 0.25) is 0 Å². The zero-order valence-corrected chi connectivity index (χ0v) is 6.92. The summed E-state index contributed by atoms with van der Waals surface area (Å²) in [5, 5.41) is 2.62. The Morgan fingerprint density at radius 2 is 2.42 bits per heavy atom. The number of rotatable bonds is 5. The van der Waals surface area contributed by atoms with Gasteiger partial charge in [-0.05, 0) is 24.5 Å². The monoisotopic (exact) mass is 162 g/mol. The normalized spacial score (nSPS) is 9.33. The zero-order chi connectivity index (χ0) is 8.65. The average Bonchev–Trinajstić information content (AvgIpc) is 2.14. The van der Waals surface area contributed by atoms with Crippen molar-refractivity contribution in [2.24, 2.45) is 0 Å². The van der Waals surface area contributed by atoms with Crippen LogP contribution in [-0.4, -0.2) is 13.0 Å². The highest BCUT2D eigenvalue weighted by Crippen LogP contribution is 1.99. The molecule has 0 aliphatic carbocycles. The van der Waals surface area contributed by atoms with Crippen molar-refractivity contribution in [2.45, 2.75) is 12.8 Å². The van der Waals surface area contributed by atoms with E-state index in [4.69, 9.17) is 0 Å². The van der Waals surface area contributed by atoms with Crippen molar-refractivity contribution >= 4 is 6.41 Å². The Morgan fingerprint density at radius 1 is 1.50 bits per heavy atom. The van der Waals surface area contributed by atoms with E-state index in [1.807, 2.05) is 24.3 Å². The molecular formula is C10H12NO. The second kappa shape index (κ2) is 5.35. The van der Waals surface area contributed by atoms with Gasteiger partial charge in [0.15, 0.2) is 0 Å². The maximum Gasteiger partial charge on any atom is 0.207 e. The van der Waals surface area contributed by atoms with Gasteiger partial charge in [0.05, 0.1) is 0 Å². The first-order chi connectivity index (χ1) is 5.93. The fourth-order valence-corrected chi connectivity index (χ4v) is 1.03. The lowest BCUT2D eigenvalue weighted by molar-refractivity contribution is -0.109. The van der Waals surface area contributed by atoms with Crippen LogP contribution in [0.1, 0.15) is 12.0 Å². The van der Waals surface area contributed by atoms with Gasteiger partial charge in [-0.2, -0.15) is 0 Å². The largest absolute Gasteiger partial charge is 0.359 e. The minimum atomic E-state index is 0.731. The molecule has 2 nitrogen and oxygen atoms in total. The van der Waals surface area contributed by atoms with Crippen molar-refractivity contribution in [3.8, 4) is 0 Å². The van der Waals surface area contributed by atoms with Crippen LogP contribution in [0, 0.1) is 6.07 Å². The van der Waals surface area contributed by atoms with Gasteiger partial charge in [0, 0.05) is 6.54 Å². The van der Waals surface area contributed by atoms with Crippen LogP contribution in [0.4, 0.5) is 0 Å². The molecule has 0 heterocycles. The summed E-state index contributed by atoms with van der Waals surface area (Å²) in [6.07, 6.45) is 2.68. The molecular weight excluding hydrogens is 150 g/mol. The van der Waals surface area contributed by atoms with Crippen LogP contribution in [0.25, 0.3) is 0 Å². The first kappa shape index (κ1) is 8.78. The highest BCUT2D eigenvalue weighted by Gasteiger charge is 1.90. The summed E-state index contributed by atoms with van der Waals surface area (Å²) in [6.45, 7) is 0.742.